The second-order valence-electron chi connectivity index (χ2n) is 5.42. The normalized spacial score (nSPS) is 13.2. The first-order valence-electron chi connectivity index (χ1n) is 6.10. The molecule has 3 nitrogen and oxygen atoms in total. The van der Waals surface area contributed by atoms with Gasteiger partial charge in [-0.15, -0.1) is 0 Å². The van der Waals surface area contributed by atoms with Gasteiger partial charge >= 0.3 is 5.97 Å². The van der Waals surface area contributed by atoms with Gasteiger partial charge in [-0.25, -0.2) is 4.39 Å². The zero-order chi connectivity index (χ0) is 14.6. The number of carbonyl (C=O) groups is 1. The van der Waals surface area contributed by atoms with E-state index in [4.69, 9.17) is 22.1 Å². The van der Waals surface area contributed by atoms with Crippen molar-refractivity contribution in [3.63, 3.8) is 0 Å². The number of halogens is 2. The highest BCUT2D eigenvalue weighted by molar-refractivity contribution is 6.30. The van der Waals surface area contributed by atoms with Crippen LogP contribution < -0.4 is 5.73 Å². The minimum atomic E-state index is -0.551. The number of ether oxygens (including phenoxy) is 1. The maximum atomic E-state index is 13.1. The Hall–Kier alpha value is -1.13. The smallest absolute Gasteiger partial charge is 0.311 e. The molecular formula is C14H19ClFNO2. The van der Waals surface area contributed by atoms with Crippen molar-refractivity contribution < 1.29 is 13.9 Å². The van der Waals surface area contributed by atoms with Gasteiger partial charge in [-0.1, -0.05) is 17.7 Å². The zero-order valence-electron chi connectivity index (χ0n) is 11.4. The number of nitrogens with two attached hydrogens (primary N) is 1. The number of hydrogen-bond donors (Lipinski definition) is 1. The van der Waals surface area contributed by atoms with Crippen LogP contribution in [0.15, 0.2) is 18.2 Å². The molecule has 1 rings (SSSR count). The molecule has 1 aromatic rings. The third kappa shape index (κ3) is 5.17. The van der Waals surface area contributed by atoms with Crippen molar-refractivity contribution in [2.24, 2.45) is 11.7 Å². The van der Waals surface area contributed by atoms with Crippen LogP contribution in [0.4, 0.5) is 4.39 Å². The van der Waals surface area contributed by atoms with Gasteiger partial charge < -0.3 is 10.5 Å². The van der Waals surface area contributed by atoms with Crippen LogP contribution in [0.25, 0.3) is 0 Å². The second-order valence-corrected chi connectivity index (χ2v) is 5.83. The van der Waals surface area contributed by atoms with Crippen molar-refractivity contribution >= 4 is 17.6 Å². The van der Waals surface area contributed by atoms with Crippen LogP contribution in [0.5, 0.6) is 0 Å². The Labute approximate surface area is 117 Å². The summed E-state index contributed by atoms with van der Waals surface area (Å²) >= 11 is 5.70. The zero-order valence-corrected chi connectivity index (χ0v) is 12.1. The molecule has 1 atom stereocenters. The molecule has 0 radical (unpaired) electrons. The van der Waals surface area contributed by atoms with Gasteiger partial charge in [-0.2, -0.15) is 0 Å². The van der Waals surface area contributed by atoms with E-state index < -0.39 is 17.3 Å². The lowest BCUT2D eigenvalue weighted by atomic mass is 9.99. The van der Waals surface area contributed by atoms with E-state index in [2.05, 4.69) is 0 Å². The Balaban J connectivity index is 2.76. The van der Waals surface area contributed by atoms with Crippen molar-refractivity contribution in [3.05, 3.63) is 34.6 Å². The molecule has 106 valence electrons. The van der Waals surface area contributed by atoms with E-state index in [1.807, 2.05) is 0 Å². The first-order valence-corrected chi connectivity index (χ1v) is 6.47. The van der Waals surface area contributed by atoms with Crippen molar-refractivity contribution in [1.82, 2.24) is 0 Å². The van der Waals surface area contributed by atoms with E-state index in [0.717, 1.165) is 5.56 Å². The lowest BCUT2D eigenvalue weighted by Gasteiger charge is -2.23. The topological polar surface area (TPSA) is 52.3 Å². The average Bonchev–Trinajstić information content (AvgIpc) is 2.28. The summed E-state index contributed by atoms with van der Waals surface area (Å²) in [5.74, 6) is -1.29. The number of benzene rings is 1. The lowest BCUT2D eigenvalue weighted by Crippen LogP contribution is -2.33. The summed E-state index contributed by atoms with van der Waals surface area (Å²) in [6, 6.07) is 4.37. The summed E-state index contributed by atoms with van der Waals surface area (Å²) in [7, 11) is 0. The summed E-state index contributed by atoms with van der Waals surface area (Å²) in [5.41, 5.74) is 5.81. The fourth-order valence-electron chi connectivity index (χ4n) is 1.60. The fourth-order valence-corrected chi connectivity index (χ4v) is 1.80. The van der Waals surface area contributed by atoms with Crippen LogP contribution in [0, 0.1) is 11.7 Å². The van der Waals surface area contributed by atoms with Crippen LogP contribution in [0.3, 0.4) is 0 Å². The molecule has 0 aliphatic rings. The molecule has 0 spiro atoms. The van der Waals surface area contributed by atoms with Crippen molar-refractivity contribution in [2.45, 2.75) is 32.8 Å². The Bertz CT molecular complexity index is 457. The molecule has 0 aliphatic heterocycles. The number of carbonyl (C=O) groups excluding carboxylic acids is 1. The van der Waals surface area contributed by atoms with Crippen molar-refractivity contribution in [1.29, 1.82) is 0 Å². The number of rotatable bonds is 4. The highest BCUT2D eigenvalue weighted by Gasteiger charge is 2.24. The maximum absolute atomic E-state index is 13.1. The third-order valence-electron chi connectivity index (χ3n) is 2.49. The first-order chi connectivity index (χ1) is 8.73. The summed E-state index contributed by atoms with van der Waals surface area (Å²) in [6.07, 6.45) is 0.380. The summed E-state index contributed by atoms with van der Waals surface area (Å²) in [4.78, 5) is 11.9. The molecule has 5 heteroatoms. The van der Waals surface area contributed by atoms with Gasteiger partial charge in [0.2, 0.25) is 0 Å². The van der Waals surface area contributed by atoms with Crippen LogP contribution in [0.1, 0.15) is 26.3 Å². The molecule has 0 saturated heterocycles. The Morgan fingerprint density at radius 2 is 2.11 bits per heavy atom. The van der Waals surface area contributed by atoms with Gasteiger partial charge in [0, 0.05) is 6.54 Å². The molecular weight excluding hydrogens is 269 g/mol. The largest absolute Gasteiger partial charge is 0.460 e. The monoisotopic (exact) mass is 287 g/mol. The predicted octanol–water partition coefficient (Wildman–Crippen LogP) is 2.94. The standard InChI is InChI=1S/C14H19ClFNO2/c1-14(2,3)19-13(18)10(8-17)6-9-4-5-12(16)11(15)7-9/h4-5,7,10H,6,8,17H2,1-3H3. The second kappa shape index (κ2) is 6.35. The van der Waals surface area contributed by atoms with Crippen LogP contribution in [-0.4, -0.2) is 18.1 Å². The molecule has 2 N–H and O–H groups in total. The van der Waals surface area contributed by atoms with E-state index in [9.17, 15) is 9.18 Å². The molecule has 1 unspecified atom stereocenters. The molecule has 0 bridgehead atoms. The van der Waals surface area contributed by atoms with E-state index >= 15 is 0 Å². The van der Waals surface area contributed by atoms with E-state index in [1.54, 1.807) is 26.8 Å². The first kappa shape index (κ1) is 15.9. The Morgan fingerprint density at radius 3 is 2.58 bits per heavy atom. The summed E-state index contributed by atoms with van der Waals surface area (Å²) in [5, 5.41) is 0.0393. The molecule has 0 amide bonds. The molecule has 19 heavy (non-hydrogen) atoms. The SMILES string of the molecule is CC(C)(C)OC(=O)C(CN)Cc1ccc(F)c(Cl)c1. The Kier molecular flexibility index (Phi) is 5.32. The summed E-state index contributed by atoms with van der Waals surface area (Å²) in [6.45, 7) is 5.57. The average molecular weight is 288 g/mol. The van der Waals surface area contributed by atoms with Gasteiger partial charge in [0.05, 0.1) is 10.9 Å². The van der Waals surface area contributed by atoms with Gasteiger partial charge in [-0.05, 0) is 44.9 Å². The molecule has 0 aromatic heterocycles. The minimum absolute atomic E-state index is 0.0393. The molecule has 0 saturated carbocycles. The minimum Gasteiger partial charge on any atom is -0.460 e. The maximum Gasteiger partial charge on any atom is 0.311 e. The highest BCUT2D eigenvalue weighted by atomic mass is 35.5. The van der Waals surface area contributed by atoms with E-state index in [1.165, 1.54) is 12.1 Å². The van der Waals surface area contributed by atoms with Gasteiger partial charge in [0.1, 0.15) is 11.4 Å². The third-order valence-corrected chi connectivity index (χ3v) is 2.78. The van der Waals surface area contributed by atoms with Crippen LogP contribution in [0.2, 0.25) is 5.02 Å². The molecule has 0 heterocycles. The summed E-state index contributed by atoms with van der Waals surface area (Å²) < 4.78 is 18.3. The molecule has 1 aromatic carbocycles. The van der Waals surface area contributed by atoms with Crippen molar-refractivity contribution in [2.75, 3.05) is 6.54 Å². The van der Waals surface area contributed by atoms with Gasteiger partial charge in [0.25, 0.3) is 0 Å². The quantitative estimate of drug-likeness (QED) is 0.866. The number of esters is 1. The molecule has 0 fully saturated rings. The van der Waals surface area contributed by atoms with E-state index in [-0.39, 0.29) is 17.5 Å². The lowest BCUT2D eigenvalue weighted by molar-refractivity contribution is -0.159. The van der Waals surface area contributed by atoms with E-state index in [0.29, 0.717) is 6.42 Å². The highest BCUT2D eigenvalue weighted by Crippen LogP contribution is 2.20. The van der Waals surface area contributed by atoms with Gasteiger partial charge in [0.15, 0.2) is 0 Å². The molecule has 0 aliphatic carbocycles. The Morgan fingerprint density at radius 1 is 1.47 bits per heavy atom. The van der Waals surface area contributed by atoms with Crippen LogP contribution >= 0.6 is 11.6 Å². The van der Waals surface area contributed by atoms with Crippen LogP contribution in [-0.2, 0) is 16.0 Å². The predicted molar refractivity (Wildman–Crippen MR) is 73.5 cm³/mol. The number of hydrogen-bond acceptors (Lipinski definition) is 3. The van der Waals surface area contributed by atoms with Gasteiger partial charge in [-0.3, -0.25) is 4.79 Å². The fraction of sp³-hybridized carbons (Fsp3) is 0.500. The van der Waals surface area contributed by atoms with Crippen molar-refractivity contribution in [3.8, 4) is 0 Å².